The quantitative estimate of drug-likeness (QED) is 0.595. The predicted octanol–water partition coefficient (Wildman–Crippen LogP) is 2.45. The Morgan fingerprint density at radius 2 is 1.83 bits per heavy atom. The molecule has 0 aromatic heterocycles. The Hall–Kier alpha value is -1.04. The number of nitrogens with one attached hydrogen (secondary N) is 1. The summed E-state index contributed by atoms with van der Waals surface area (Å²) in [5, 5.41) is 2.84. The summed E-state index contributed by atoms with van der Waals surface area (Å²) in [6, 6.07) is 0. The lowest BCUT2D eigenvalue weighted by Crippen LogP contribution is -2.37. The summed E-state index contributed by atoms with van der Waals surface area (Å²) >= 11 is 1.79. The van der Waals surface area contributed by atoms with Crippen molar-refractivity contribution in [2.24, 2.45) is 11.3 Å². The summed E-state index contributed by atoms with van der Waals surface area (Å²) in [6.07, 6.45) is 0.431. The Morgan fingerprint density at radius 1 is 1.22 bits per heavy atom. The molecule has 1 heterocycles. The molecular weight excluding hydrogens is 312 g/mol. The van der Waals surface area contributed by atoms with Crippen LogP contribution in [0.2, 0.25) is 0 Å². The van der Waals surface area contributed by atoms with Gasteiger partial charge >= 0.3 is 0 Å². The molecule has 0 saturated carbocycles. The lowest BCUT2D eigenvalue weighted by molar-refractivity contribution is -0.140. The van der Waals surface area contributed by atoms with E-state index in [9.17, 15) is 14.4 Å². The number of carbonyl (C=O) groups excluding carboxylic acids is 3. The molecule has 0 spiro atoms. The molecule has 1 aliphatic heterocycles. The third-order valence-corrected chi connectivity index (χ3v) is 5.09. The lowest BCUT2D eigenvalue weighted by Gasteiger charge is -2.24. The minimum atomic E-state index is -0.277. The second-order valence-electron chi connectivity index (χ2n) is 8.07. The van der Waals surface area contributed by atoms with E-state index in [0.29, 0.717) is 6.54 Å². The highest BCUT2D eigenvalue weighted by molar-refractivity contribution is 8.00. The van der Waals surface area contributed by atoms with Gasteiger partial charge in [-0.2, -0.15) is 11.8 Å². The van der Waals surface area contributed by atoms with Gasteiger partial charge in [0.15, 0.2) is 0 Å². The maximum absolute atomic E-state index is 12.3. The zero-order valence-corrected chi connectivity index (χ0v) is 16.0. The first kappa shape index (κ1) is 20.0. The molecule has 6 heteroatoms. The van der Waals surface area contributed by atoms with E-state index in [1.54, 1.807) is 11.8 Å². The number of rotatable bonds is 6. The molecule has 0 aromatic carbocycles. The second-order valence-corrected chi connectivity index (χ2v) is 9.99. The average Bonchev–Trinajstić information content (AvgIpc) is 2.66. The molecule has 0 aliphatic carbocycles. The lowest BCUT2D eigenvalue weighted by atomic mass is 9.80. The molecule has 132 valence electrons. The fourth-order valence-corrected chi connectivity index (χ4v) is 3.26. The maximum Gasteiger partial charge on any atom is 0.233 e. The Kier molecular flexibility index (Phi) is 6.69. The summed E-state index contributed by atoms with van der Waals surface area (Å²) in [5.74, 6) is 0.160. The van der Waals surface area contributed by atoms with E-state index >= 15 is 0 Å². The Morgan fingerprint density at radius 3 is 2.30 bits per heavy atom. The van der Waals surface area contributed by atoms with Gasteiger partial charge in [-0.15, -0.1) is 0 Å². The number of carbonyl (C=O) groups is 3. The molecule has 1 N–H and O–H groups in total. The monoisotopic (exact) mass is 342 g/mol. The molecule has 5 nitrogen and oxygen atoms in total. The normalized spacial score (nSPS) is 19.4. The molecule has 1 saturated heterocycles. The number of hydrogen-bond acceptors (Lipinski definition) is 4. The van der Waals surface area contributed by atoms with Crippen molar-refractivity contribution in [3.05, 3.63) is 0 Å². The fourth-order valence-electron chi connectivity index (χ4n) is 2.44. The van der Waals surface area contributed by atoms with E-state index in [1.165, 1.54) is 4.90 Å². The summed E-state index contributed by atoms with van der Waals surface area (Å²) < 4.78 is 0.182. The van der Waals surface area contributed by atoms with E-state index in [4.69, 9.17) is 0 Å². The SMILES string of the molecule is CC(C)(C)SCCNC(=O)CCN1C(=O)CC(C(C)(C)C)C1=O. The van der Waals surface area contributed by atoms with Crippen LogP contribution in [-0.2, 0) is 14.4 Å². The Labute approximate surface area is 143 Å². The fraction of sp³-hybridized carbons (Fsp3) is 0.824. The van der Waals surface area contributed by atoms with Crippen LogP contribution in [0.4, 0.5) is 0 Å². The molecule has 23 heavy (non-hydrogen) atoms. The smallest absolute Gasteiger partial charge is 0.233 e. The number of amides is 3. The number of nitrogens with zero attached hydrogens (tertiary/aromatic N) is 1. The molecule has 0 aromatic rings. The first-order valence-electron chi connectivity index (χ1n) is 8.16. The van der Waals surface area contributed by atoms with Gasteiger partial charge in [0.25, 0.3) is 0 Å². The number of hydrogen-bond donors (Lipinski definition) is 1. The van der Waals surface area contributed by atoms with Gasteiger partial charge in [-0.3, -0.25) is 19.3 Å². The topological polar surface area (TPSA) is 66.5 Å². The summed E-state index contributed by atoms with van der Waals surface area (Å²) in [4.78, 5) is 37.4. The molecule has 0 radical (unpaired) electrons. The van der Waals surface area contributed by atoms with Crippen molar-refractivity contribution in [1.29, 1.82) is 0 Å². The van der Waals surface area contributed by atoms with Gasteiger partial charge in [-0.05, 0) is 5.41 Å². The van der Waals surface area contributed by atoms with Crippen molar-refractivity contribution in [2.75, 3.05) is 18.8 Å². The Bertz CT molecular complexity index is 463. The van der Waals surface area contributed by atoms with Crippen molar-refractivity contribution in [2.45, 2.75) is 59.1 Å². The van der Waals surface area contributed by atoms with E-state index in [0.717, 1.165) is 5.75 Å². The van der Waals surface area contributed by atoms with Crippen molar-refractivity contribution in [3.8, 4) is 0 Å². The highest BCUT2D eigenvalue weighted by Crippen LogP contribution is 2.35. The minimum absolute atomic E-state index is 0.112. The van der Waals surface area contributed by atoms with Crippen LogP contribution in [0.15, 0.2) is 0 Å². The first-order valence-corrected chi connectivity index (χ1v) is 9.15. The highest BCUT2D eigenvalue weighted by Gasteiger charge is 2.44. The van der Waals surface area contributed by atoms with Gasteiger partial charge in [-0.25, -0.2) is 0 Å². The van der Waals surface area contributed by atoms with Gasteiger partial charge in [0.2, 0.25) is 17.7 Å². The van der Waals surface area contributed by atoms with Crippen molar-refractivity contribution in [3.63, 3.8) is 0 Å². The van der Waals surface area contributed by atoms with Crippen LogP contribution < -0.4 is 5.32 Å². The maximum atomic E-state index is 12.3. The molecule has 1 fully saturated rings. The van der Waals surface area contributed by atoms with Crippen LogP contribution in [-0.4, -0.2) is 46.2 Å². The largest absolute Gasteiger partial charge is 0.355 e. The van der Waals surface area contributed by atoms with Gasteiger partial charge in [-0.1, -0.05) is 41.5 Å². The van der Waals surface area contributed by atoms with Crippen molar-refractivity contribution < 1.29 is 14.4 Å². The second kappa shape index (κ2) is 7.69. The highest BCUT2D eigenvalue weighted by atomic mass is 32.2. The van der Waals surface area contributed by atoms with Gasteiger partial charge in [0, 0.05) is 36.4 Å². The number of thioether (sulfide) groups is 1. The zero-order chi connectivity index (χ0) is 17.8. The molecular formula is C17H30N2O3S. The van der Waals surface area contributed by atoms with Crippen molar-refractivity contribution >= 4 is 29.5 Å². The average molecular weight is 343 g/mol. The number of imide groups is 1. The molecule has 1 rings (SSSR count). The van der Waals surface area contributed by atoms with Crippen LogP contribution in [0.1, 0.15) is 54.4 Å². The van der Waals surface area contributed by atoms with Gasteiger partial charge in [0.1, 0.15) is 0 Å². The third kappa shape index (κ3) is 6.53. The summed E-state index contributed by atoms with van der Waals surface area (Å²) in [7, 11) is 0. The van der Waals surface area contributed by atoms with E-state index in [2.05, 4.69) is 26.1 Å². The van der Waals surface area contributed by atoms with Crippen LogP contribution in [0.3, 0.4) is 0 Å². The van der Waals surface area contributed by atoms with Crippen LogP contribution in [0.25, 0.3) is 0 Å². The van der Waals surface area contributed by atoms with E-state index < -0.39 is 0 Å². The molecule has 1 unspecified atom stereocenters. The summed E-state index contributed by atoms with van der Waals surface area (Å²) in [5.41, 5.74) is -0.228. The van der Waals surface area contributed by atoms with Crippen LogP contribution in [0.5, 0.6) is 0 Å². The zero-order valence-electron chi connectivity index (χ0n) is 15.2. The van der Waals surface area contributed by atoms with Crippen molar-refractivity contribution in [1.82, 2.24) is 10.2 Å². The summed E-state index contributed by atoms with van der Waals surface area (Å²) in [6.45, 7) is 13.1. The van der Waals surface area contributed by atoms with Crippen LogP contribution in [0, 0.1) is 11.3 Å². The molecule has 1 aliphatic rings. The third-order valence-electron chi connectivity index (χ3n) is 3.81. The molecule has 3 amide bonds. The minimum Gasteiger partial charge on any atom is -0.355 e. The molecule has 1 atom stereocenters. The van der Waals surface area contributed by atoms with E-state index in [-0.39, 0.29) is 53.2 Å². The van der Waals surface area contributed by atoms with Gasteiger partial charge in [0.05, 0.1) is 5.92 Å². The van der Waals surface area contributed by atoms with Gasteiger partial charge < -0.3 is 5.32 Å². The standard InChI is InChI=1S/C17H30N2O3S/c1-16(2,3)12-11-14(21)19(15(12)22)9-7-13(20)18-8-10-23-17(4,5)6/h12H,7-11H2,1-6H3,(H,18,20). The number of likely N-dealkylation sites (tertiary alicyclic amines) is 1. The molecule has 0 bridgehead atoms. The van der Waals surface area contributed by atoms with E-state index in [1.807, 2.05) is 20.8 Å². The first-order chi connectivity index (χ1) is 10.4. The Balaban J connectivity index is 2.36. The predicted molar refractivity (Wildman–Crippen MR) is 94.1 cm³/mol. The van der Waals surface area contributed by atoms with Crippen LogP contribution >= 0.6 is 11.8 Å².